The van der Waals surface area contributed by atoms with Crippen molar-refractivity contribution >= 4 is 11.8 Å². The Labute approximate surface area is 121 Å². The Bertz CT molecular complexity index is 223. The number of thioether (sulfide) groups is 1. The summed E-state index contributed by atoms with van der Waals surface area (Å²) in [5, 5.41) is 14.1. The number of rotatable bonds is 9. The molecule has 1 fully saturated rings. The molecule has 0 aromatic rings. The van der Waals surface area contributed by atoms with Gasteiger partial charge < -0.3 is 19.9 Å². The molecular formula is C14H29NO3S. The lowest BCUT2D eigenvalue weighted by molar-refractivity contribution is -0.0317. The van der Waals surface area contributed by atoms with Crippen molar-refractivity contribution in [2.75, 3.05) is 33.1 Å². The summed E-state index contributed by atoms with van der Waals surface area (Å²) in [7, 11) is 1.66. The SMILES string of the molecule is COCC(C)OCC(O)CNC1CCC(SC)CC1. The summed E-state index contributed by atoms with van der Waals surface area (Å²) in [5.41, 5.74) is 0. The van der Waals surface area contributed by atoms with Gasteiger partial charge in [0, 0.05) is 24.9 Å². The Morgan fingerprint density at radius 3 is 2.53 bits per heavy atom. The Balaban J connectivity index is 2.05. The summed E-state index contributed by atoms with van der Waals surface area (Å²) in [6.45, 7) is 3.51. The maximum Gasteiger partial charge on any atom is 0.0897 e. The zero-order chi connectivity index (χ0) is 14.1. The van der Waals surface area contributed by atoms with E-state index in [0.29, 0.717) is 25.8 Å². The molecule has 114 valence electrons. The Kier molecular flexibility index (Phi) is 9.07. The minimum absolute atomic E-state index is 0.0386. The van der Waals surface area contributed by atoms with Gasteiger partial charge in [-0.05, 0) is 38.9 Å². The number of aliphatic hydroxyl groups is 1. The molecule has 0 spiro atoms. The number of nitrogens with one attached hydrogen (secondary N) is 1. The van der Waals surface area contributed by atoms with E-state index in [1.807, 2.05) is 18.7 Å². The smallest absolute Gasteiger partial charge is 0.0897 e. The predicted molar refractivity (Wildman–Crippen MR) is 80.9 cm³/mol. The first-order valence-corrected chi connectivity index (χ1v) is 8.49. The van der Waals surface area contributed by atoms with Gasteiger partial charge in [0.1, 0.15) is 0 Å². The van der Waals surface area contributed by atoms with Crippen LogP contribution in [-0.4, -0.2) is 61.7 Å². The first kappa shape index (κ1) is 17.2. The van der Waals surface area contributed by atoms with Crippen molar-refractivity contribution in [1.82, 2.24) is 5.32 Å². The maximum atomic E-state index is 9.86. The van der Waals surface area contributed by atoms with Gasteiger partial charge in [-0.25, -0.2) is 0 Å². The molecule has 0 radical (unpaired) electrons. The second-order valence-electron chi connectivity index (χ2n) is 5.37. The molecule has 1 rings (SSSR count). The van der Waals surface area contributed by atoms with Gasteiger partial charge in [0.2, 0.25) is 0 Å². The van der Waals surface area contributed by atoms with E-state index >= 15 is 0 Å². The summed E-state index contributed by atoms with van der Waals surface area (Å²) >= 11 is 1.98. The topological polar surface area (TPSA) is 50.7 Å². The lowest BCUT2D eigenvalue weighted by Gasteiger charge is -2.29. The molecule has 0 aromatic heterocycles. The molecule has 0 aromatic carbocycles. The molecule has 0 heterocycles. The van der Waals surface area contributed by atoms with Gasteiger partial charge in [-0.15, -0.1) is 0 Å². The van der Waals surface area contributed by atoms with E-state index in [1.54, 1.807) is 7.11 Å². The third-order valence-electron chi connectivity index (χ3n) is 3.62. The van der Waals surface area contributed by atoms with Crippen LogP contribution in [0.2, 0.25) is 0 Å². The Morgan fingerprint density at radius 1 is 1.26 bits per heavy atom. The highest BCUT2D eigenvalue weighted by atomic mass is 32.2. The molecule has 5 heteroatoms. The van der Waals surface area contributed by atoms with Gasteiger partial charge in [-0.1, -0.05) is 0 Å². The van der Waals surface area contributed by atoms with E-state index in [4.69, 9.17) is 9.47 Å². The largest absolute Gasteiger partial charge is 0.389 e. The second kappa shape index (κ2) is 10.00. The van der Waals surface area contributed by atoms with Crippen LogP contribution in [0.15, 0.2) is 0 Å². The first-order valence-electron chi connectivity index (χ1n) is 7.20. The molecule has 1 aliphatic rings. The van der Waals surface area contributed by atoms with Gasteiger partial charge >= 0.3 is 0 Å². The number of aliphatic hydroxyl groups excluding tert-OH is 1. The fourth-order valence-corrected chi connectivity index (χ4v) is 3.17. The minimum Gasteiger partial charge on any atom is -0.389 e. The molecule has 4 nitrogen and oxygen atoms in total. The lowest BCUT2D eigenvalue weighted by atomic mass is 9.95. The zero-order valence-electron chi connectivity index (χ0n) is 12.4. The van der Waals surface area contributed by atoms with Crippen molar-refractivity contribution in [2.24, 2.45) is 0 Å². The van der Waals surface area contributed by atoms with E-state index in [1.165, 1.54) is 25.7 Å². The van der Waals surface area contributed by atoms with E-state index < -0.39 is 6.10 Å². The number of methoxy groups -OCH3 is 1. The van der Waals surface area contributed by atoms with Gasteiger partial charge in [-0.2, -0.15) is 11.8 Å². The normalized spacial score (nSPS) is 27.2. The highest BCUT2D eigenvalue weighted by molar-refractivity contribution is 7.99. The Hall–Kier alpha value is 0.190. The molecule has 0 amide bonds. The lowest BCUT2D eigenvalue weighted by Crippen LogP contribution is -2.40. The number of ether oxygens (including phenoxy) is 2. The van der Waals surface area contributed by atoms with Crippen molar-refractivity contribution < 1.29 is 14.6 Å². The summed E-state index contributed by atoms with van der Waals surface area (Å²) < 4.78 is 10.5. The van der Waals surface area contributed by atoms with Crippen molar-refractivity contribution in [3.05, 3.63) is 0 Å². The maximum absolute atomic E-state index is 9.86. The summed E-state index contributed by atoms with van der Waals surface area (Å²) in [5.74, 6) is 0. The van der Waals surface area contributed by atoms with Crippen molar-refractivity contribution in [2.45, 2.75) is 56.1 Å². The highest BCUT2D eigenvalue weighted by Gasteiger charge is 2.20. The zero-order valence-corrected chi connectivity index (χ0v) is 13.2. The molecule has 0 bridgehead atoms. The van der Waals surface area contributed by atoms with E-state index in [0.717, 1.165) is 5.25 Å². The van der Waals surface area contributed by atoms with Crippen LogP contribution in [0.1, 0.15) is 32.6 Å². The molecule has 1 aliphatic carbocycles. The van der Waals surface area contributed by atoms with Gasteiger partial charge in [0.05, 0.1) is 25.4 Å². The molecule has 2 unspecified atom stereocenters. The van der Waals surface area contributed by atoms with Crippen LogP contribution < -0.4 is 5.32 Å². The van der Waals surface area contributed by atoms with Crippen molar-refractivity contribution in [3.8, 4) is 0 Å². The van der Waals surface area contributed by atoms with Gasteiger partial charge in [0.15, 0.2) is 0 Å². The van der Waals surface area contributed by atoms with Crippen LogP contribution in [0.3, 0.4) is 0 Å². The molecule has 0 aliphatic heterocycles. The Morgan fingerprint density at radius 2 is 1.95 bits per heavy atom. The molecular weight excluding hydrogens is 262 g/mol. The standard InChI is InChI=1S/C14H29NO3S/c1-11(9-17-2)18-10-13(16)8-15-12-4-6-14(19-3)7-5-12/h11-16H,4-10H2,1-3H3. The van der Waals surface area contributed by atoms with Gasteiger partial charge in [-0.3, -0.25) is 0 Å². The van der Waals surface area contributed by atoms with E-state index in [-0.39, 0.29) is 6.10 Å². The van der Waals surface area contributed by atoms with E-state index in [2.05, 4.69) is 11.6 Å². The average molecular weight is 291 g/mol. The first-order chi connectivity index (χ1) is 9.15. The summed E-state index contributed by atoms with van der Waals surface area (Å²) in [4.78, 5) is 0. The summed E-state index contributed by atoms with van der Waals surface area (Å²) in [6.07, 6.45) is 6.82. The monoisotopic (exact) mass is 291 g/mol. The van der Waals surface area contributed by atoms with Crippen LogP contribution in [0.25, 0.3) is 0 Å². The number of hydrogen-bond acceptors (Lipinski definition) is 5. The molecule has 0 saturated heterocycles. The molecule has 2 N–H and O–H groups in total. The van der Waals surface area contributed by atoms with Crippen molar-refractivity contribution in [1.29, 1.82) is 0 Å². The minimum atomic E-state index is -0.433. The van der Waals surface area contributed by atoms with Crippen LogP contribution in [-0.2, 0) is 9.47 Å². The fourth-order valence-electron chi connectivity index (χ4n) is 2.42. The fraction of sp³-hybridized carbons (Fsp3) is 1.00. The summed E-state index contributed by atoms with van der Waals surface area (Å²) in [6, 6.07) is 0.564. The highest BCUT2D eigenvalue weighted by Crippen LogP contribution is 2.26. The van der Waals surface area contributed by atoms with Crippen LogP contribution in [0.5, 0.6) is 0 Å². The molecule has 1 saturated carbocycles. The third-order valence-corrected chi connectivity index (χ3v) is 4.76. The average Bonchev–Trinajstić information content (AvgIpc) is 2.44. The predicted octanol–water partition coefficient (Wildman–Crippen LogP) is 1.66. The number of hydrogen-bond donors (Lipinski definition) is 2. The molecule has 19 heavy (non-hydrogen) atoms. The van der Waals surface area contributed by atoms with Crippen LogP contribution in [0, 0.1) is 0 Å². The van der Waals surface area contributed by atoms with Crippen LogP contribution in [0.4, 0.5) is 0 Å². The molecule has 2 atom stereocenters. The van der Waals surface area contributed by atoms with Crippen molar-refractivity contribution in [3.63, 3.8) is 0 Å². The third kappa shape index (κ3) is 7.51. The van der Waals surface area contributed by atoms with Crippen LogP contribution >= 0.6 is 11.8 Å². The van der Waals surface area contributed by atoms with Gasteiger partial charge in [0.25, 0.3) is 0 Å². The second-order valence-corrected chi connectivity index (χ2v) is 6.51. The van der Waals surface area contributed by atoms with E-state index in [9.17, 15) is 5.11 Å². The quantitative estimate of drug-likeness (QED) is 0.677.